The summed E-state index contributed by atoms with van der Waals surface area (Å²) in [5.74, 6) is -1.91. The van der Waals surface area contributed by atoms with E-state index in [1.165, 1.54) is 11.3 Å². The van der Waals surface area contributed by atoms with Crippen LogP contribution >= 0.6 is 11.3 Å². The number of anilines is 1. The van der Waals surface area contributed by atoms with Gasteiger partial charge in [0.05, 0.1) is 17.8 Å². The summed E-state index contributed by atoms with van der Waals surface area (Å²) >= 11 is 1.49. The molecule has 0 saturated heterocycles. The fourth-order valence-electron chi connectivity index (χ4n) is 2.61. The second-order valence-electron chi connectivity index (χ2n) is 6.43. The van der Waals surface area contributed by atoms with Crippen LogP contribution in [0.1, 0.15) is 26.4 Å². The molecular weight excluding hydrogens is 386 g/mol. The van der Waals surface area contributed by atoms with E-state index in [1.807, 2.05) is 48.7 Å². The summed E-state index contributed by atoms with van der Waals surface area (Å²) in [7, 11) is 0. The van der Waals surface area contributed by atoms with Crippen molar-refractivity contribution < 1.29 is 14.4 Å². The SMILES string of the molecule is Cc1ccc(CNC(=O)c2ccccc2NC(=O)C(=O)NCc2cccs2)cc1. The number of nitrogens with one attached hydrogen (secondary N) is 3. The summed E-state index contributed by atoms with van der Waals surface area (Å²) in [5, 5.41) is 9.81. The standard InChI is InChI=1S/C22H21N3O3S/c1-15-8-10-16(11-9-15)13-23-20(26)18-6-2-3-7-19(18)25-22(28)21(27)24-14-17-5-4-12-29-17/h2-12H,13-14H2,1H3,(H,23,26)(H,24,27)(H,25,28). The molecule has 2 aromatic carbocycles. The van der Waals surface area contributed by atoms with Crippen molar-refractivity contribution in [2.45, 2.75) is 20.0 Å². The number of hydrogen-bond acceptors (Lipinski definition) is 4. The number of amides is 3. The quantitative estimate of drug-likeness (QED) is 0.548. The minimum Gasteiger partial charge on any atom is -0.348 e. The van der Waals surface area contributed by atoms with E-state index in [0.717, 1.165) is 16.0 Å². The van der Waals surface area contributed by atoms with E-state index < -0.39 is 11.8 Å². The minimum atomic E-state index is -0.819. The molecule has 0 saturated carbocycles. The van der Waals surface area contributed by atoms with Gasteiger partial charge in [-0.25, -0.2) is 0 Å². The zero-order valence-electron chi connectivity index (χ0n) is 15.9. The van der Waals surface area contributed by atoms with Crippen LogP contribution in [-0.4, -0.2) is 17.7 Å². The first-order chi connectivity index (χ1) is 14.0. The molecule has 1 aromatic heterocycles. The van der Waals surface area contributed by atoms with Crippen molar-refractivity contribution >= 4 is 34.7 Å². The van der Waals surface area contributed by atoms with E-state index >= 15 is 0 Å². The Morgan fingerprint density at radius 1 is 0.828 bits per heavy atom. The summed E-state index contributed by atoms with van der Waals surface area (Å²) in [6.45, 7) is 2.64. The van der Waals surface area contributed by atoms with Crippen LogP contribution in [0.5, 0.6) is 0 Å². The Kier molecular flexibility index (Phi) is 6.76. The maximum absolute atomic E-state index is 12.6. The molecular formula is C22H21N3O3S. The summed E-state index contributed by atoms with van der Waals surface area (Å²) in [4.78, 5) is 37.8. The molecule has 0 unspecified atom stereocenters. The Morgan fingerprint density at radius 2 is 1.59 bits per heavy atom. The Labute approximate surface area is 173 Å². The number of para-hydroxylation sites is 1. The number of hydrogen-bond donors (Lipinski definition) is 3. The van der Waals surface area contributed by atoms with Gasteiger partial charge in [0.2, 0.25) is 0 Å². The number of rotatable bonds is 6. The van der Waals surface area contributed by atoms with E-state index in [2.05, 4.69) is 16.0 Å². The molecule has 3 N–H and O–H groups in total. The predicted molar refractivity (Wildman–Crippen MR) is 114 cm³/mol. The Morgan fingerprint density at radius 3 is 2.31 bits per heavy atom. The number of carbonyl (C=O) groups excluding carboxylic acids is 3. The van der Waals surface area contributed by atoms with Crippen molar-refractivity contribution in [2.24, 2.45) is 0 Å². The van der Waals surface area contributed by atoms with Gasteiger partial charge < -0.3 is 16.0 Å². The molecule has 0 aliphatic carbocycles. The molecule has 6 nitrogen and oxygen atoms in total. The summed E-state index contributed by atoms with van der Waals surface area (Å²) in [5.41, 5.74) is 2.69. The third kappa shape index (κ3) is 5.76. The molecule has 0 aliphatic rings. The molecule has 7 heteroatoms. The van der Waals surface area contributed by atoms with Crippen LogP contribution in [0.4, 0.5) is 5.69 Å². The normalized spacial score (nSPS) is 10.2. The average molecular weight is 407 g/mol. The van der Waals surface area contributed by atoms with E-state index in [9.17, 15) is 14.4 Å². The monoisotopic (exact) mass is 407 g/mol. The van der Waals surface area contributed by atoms with Gasteiger partial charge in [-0.05, 0) is 36.1 Å². The number of benzene rings is 2. The van der Waals surface area contributed by atoms with E-state index in [1.54, 1.807) is 24.3 Å². The minimum absolute atomic E-state index is 0.280. The number of thiophene rings is 1. The average Bonchev–Trinajstić information content (AvgIpc) is 3.25. The lowest BCUT2D eigenvalue weighted by molar-refractivity contribution is -0.136. The Hall–Kier alpha value is -3.45. The summed E-state index contributed by atoms with van der Waals surface area (Å²) in [6, 6.07) is 18.2. The highest BCUT2D eigenvalue weighted by molar-refractivity contribution is 7.09. The van der Waals surface area contributed by atoms with Gasteiger partial charge >= 0.3 is 11.8 Å². The van der Waals surface area contributed by atoms with Crippen LogP contribution in [0.2, 0.25) is 0 Å². The van der Waals surface area contributed by atoms with Gasteiger partial charge in [-0.15, -0.1) is 11.3 Å². The predicted octanol–water partition coefficient (Wildman–Crippen LogP) is 3.24. The molecule has 0 radical (unpaired) electrons. The van der Waals surface area contributed by atoms with Crippen LogP contribution in [0.3, 0.4) is 0 Å². The zero-order valence-corrected chi connectivity index (χ0v) is 16.7. The first-order valence-corrected chi connectivity index (χ1v) is 9.95. The molecule has 148 valence electrons. The largest absolute Gasteiger partial charge is 0.348 e. The van der Waals surface area contributed by atoms with Gasteiger partial charge in [0, 0.05) is 11.4 Å². The first kappa shape index (κ1) is 20.3. The van der Waals surface area contributed by atoms with Crippen LogP contribution < -0.4 is 16.0 Å². The Balaban J connectivity index is 1.60. The van der Waals surface area contributed by atoms with Gasteiger partial charge in [0.1, 0.15) is 0 Å². The zero-order chi connectivity index (χ0) is 20.6. The summed E-state index contributed by atoms with van der Waals surface area (Å²) < 4.78 is 0. The van der Waals surface area contributed by atoms with Gasteiger partial charge in [-0.3, -0.25) is 14.4 Å². The molecule has 0 bridgehead atoms. The van der Waals surface area contributed by atoms with E-state index in [4.69, 9.17) is 0 Å². The van der Waals surface area contributed by atoms with Crippen molar-refractivity contribution in [3.05, 3.63) is 87.6 Å². The van der Waals surface area contributed by atoms with Crippen LogP contribution in [0.15, 0.2) is 66.0 Å². The lowest BCUT2D eigenvalue weighted by Crippen LogP contribution is -2.35. The van der Waals surface area contributed by atoms with Crippen molar-refractivity contribution in [1.82, 2.24) is 10.6 Å². The molecule has 0 fully saturated rings. The highest BCUT2D eigenvalue weighted by Crippen LogP contribution is 2.15. The molecule has 1 heterocycles. The van der Waals surface area contributed by atoms with Gasteiger partial charge in [0.25, 0.3) is 5.91 Å². The lowest BCUT2D eigenvalue weighted by Gasteiger charge is -2.11. The molecule has 29 heavy (non-hydrogen) atoms. The van der Waals surface area contributed by atoms with Gasteiger partial charge in [-0.2, -0.15) is 0 Å². The van der Waals surface area contributed by atoms with E-state index in [-0.39, 0.29) is 18.1 Å². The van der Waals surface area contributed by atoms with Crippen LogP contribution in [-0.2, 0) is 22.7 Å². The topological polar surface area (TPSA) is 87.3 Å². The highest BCUT2D eigenvalue weighted by atomic mass is 32.1. The van der Waals surface area contributed by atoms with Gasteiger partial charge in [0.15, 0.2) is 0 Å². The van der Waals surface area contributed by atoms with Crippen molar-refractivity contribution in [1.29, 1.82) is 0 Å². The number of carbonyl (C=O) groups is 3. The third-order valence-electron chi connectivity index (χ3n) is 4.20. The second kappa shape index (κ2) is 9.66. The van der Waals surface area contributed by atoms with E-state index in [0.29, 0.717) is 12.1 Å². The van der Waals surface area contributed by atoms with Crippen molar-refractivity contribution in [3.63, 3.8) is 0 Å². The molecule has 3 rings (SSSR count). The van der Waals surface area contributed by atoms with Crippen molar-refractivity contribution in [3.8, 4) is 0 Å². The fourth-order valence-corrected chi connectivity index (χ4v) is 3.26. The molecule has 0 aliphatic heterocycles. The van der Waals surface area contributed by atoms with Crippen LogP contribution in [0.25, 0.3) is 0 Å². The Bertz CT molecular complexity index is 998. The maximum atomic E-state index is 12.6. The van der Waals surface area contributed by atoms with Gasteiger partial charge in [-0.1, -0.05) is 48.0 Å². The smallest absolute Gasteiger partial charge is 0.313 e. The molecule has 3 aromatic rings. The molecule has 0 spiro atoms. The highest BCUT2D eigenvalue weighted by Gasteiger charge is 2.17. The molecule has 3 amide bonds. The lowest BCUT2D eigenvalue weighted by atomic mass is 10.1. The van der Waals surface area contributed by atoms with Crippen LogP contribution in [0, 0.1) is 6.92 Å². The fraction of sp³-hybridized carbons (Fsp3) is 0.136. The second-order valence-corrected chi connectivity index (χ2v) is 7.46. The number of aryl methyl sites for hydroxylation is 1. The molecule has 0 atom stereocenters. The maximum Gasteiger partial charge on any atom is 0.313 e. The summed E-state index contributed by atoms with van der Waals surface area (Å²) in [6.07, 6.45) is 0. The first-order valence-electron chi connectivity index (χ1n) is 9.07. The third-order valence-corrected chi connectivity index (χ3v) is 5.08. The van der Waals surface area contributed by atoms with Crippen molar-refractivity contribution in [2.75, 3.05) is 5.32 Å².